The molecule has 0 fully saturated rings. The van der Waals surface area contributed by atoms with Gasteiger partial charge in [0, 0.05) is 12.1 Å². The van der Waals surface area contributed by atoms with E-state index < -0.39 is 0 Å². The van der Waals surface area contributed by atoms with Gasteiger partial charge in [-0.25, -0.2) is 11.4 Å². The second-order valence-corrected chi connectivity index (χ2v) is 2.85. The van der Waals surface area contributed by atoms with E-state index >= 15 is 0 Å². The maximum atomic E-state index is 5.62. The number of nitrogens with two attached hydrogens (primary N) is 2. The minimum Gasteiger partial charge on any atom is -0.382 e. The summed E-state index contributed by atoms with van der Waals surface area (Å²) in [5.41, 5.74) is 9.83. The number of amidine groups is 1. The molecule has 0 amide bonds. The summed E-state index contributed by atoms with van der Waals surface area (Å²) in [6, 6.07) is 7.79. The van der Waals surface area contributed by atoms with E-state index in [9.17, 15) is 0 Å². The number of hydrogen-bond acceptors (Lipinski definition) is 4. The first-order valence-corrected chi connectivity index (χ1v) is 4.30. The van der Waals surface area contributed by atoms with Gasteiger partial charge >= 0.3 is 0 Å². The Morgan fingerprint density at radius 2 is 2.00 bits per heavy atom. The first-order valence-electron chi connectivity index (χ1n) is 4.30. The summed E-state index contributed by atoms with van der Waals surface area (Å²) in [6.07, 6.45) is 0. The topological polar surface area (TPSA) is 88.5 Å². The van der Waals surface area contributed by atoms with Crippen LogP contribution in [0.4, 0.5) is 0 Å². The van der Waals surface area contributed by atoms with Gasteiger partial charge < -0.3 is 11.1 Å². The van der Waals surface area contributed by atoms with Gasteiger partial charge in [-0.1, -0.05) is 24.3 Å². The minimum absolute atomic E-state index is 0.378. The summed E-state index contributed by atoms with van der Waals surface area (Å²) >= 11 is 0. The zero-order valence-electron chi connectivity index (χ0n) is 8.12. The van der Waals surface area contributed by atoms with Crippen molar-refractivity contribution in [1.82, 2.24) is 10.9 Å². The lowest BCUT2D eigenvalue weighted by atomic mass is 10.1. The van der Waals surface area contributed by atoms with Crippen molar-refractivity contribution in [3.05, 3.63) is 35.4 Å². The van der Waals surface area contributed by atoms with Gasteiger partial charge in [0.05, 0.1) is 0 Å². The minimum atomic E-state index is 0.378. The zero-order chi connectivity index (χ0) is 10.4. The molecular formula is C9H15N5. The summed E-state index contributed by atoms with van der Waals surface area (Å²) < 4.78 is 0. The van der Waals surface area contributed by atoms with Gasteiger partial charge in [-0.15, -0.1) is 5.10 Å². The van der Waals surface area contributed by atoms with Gasteiger partial charge in [-0.3, -0.25) is 0 Å². The maximum Gasteiger partial charge on any atom is 0.152 e. The van der Waals surface area contributed by atoms with E-state index in [4.69, 9.17) is 11.6 Å². The molecule has 5 heteroatoms. The van der Waals surface area contributed by atoms with Crippen LogP contribution < -0.4 is 22.4 Å². The van der Waals surface area contributed by atoms with Gasteiger partial charge in [0.2, 0.25) is 0 Å². The largest absolute Gasteiger partial charge is 0.382 e. The van der Waals surface area contributed by atoms with E-state index in [0.29, 0.717) is 5.84 Å². The number of hydrazine groups is 1. The molecule has 0 atom stereocenters. The SMILES string of the molecule is CNCc1ccc(/C(N)=N/NN)cc1. The second kappa shape index (κ2) is 5.21. The van der Waals surface area contributed by atoms with E-state index in [1.807, 2.05) is 31.3 Å². The van der Waals surface area contributed by atoms with E-state index in [-0.39, 0.29) is 0 Å². The van der Waals surface area contributed by atoms with Crippen LogP contribution in [0.1, 0.15) is 11.1 Å². The van der Waals surface area contributed by atoms with Gasteiger partial charge in [0.25, 0.3) is 0 Å². The third-order valence-electron chi connectivity index (χ3n) is 1.82. The lowest BCUT2D eigenvalue weighted by molar-refractivity contribution is 0.803. The third kappa shape index (κ3) is 2.72. The molecule has 0 unspecified atom stereocenters. The Balaban J connectivity index is 2.77. The molecule has 1 rings (SSSR count). The molecule has 0 aliphatic heterocycles. The van der Waals surface area contributed by atoms with Crippen molar-refractivity contribution in [2.45, 2.75) is 6.54 Å². The van der Waals surface area contributed by atoms with Crippen LogP contribution in [0.3, 0.4) is 0 Å². The van der Waals surface area contributed by atoms with Crippen molar-refractivity contribution in [2.24, 2.45) is 16.7 Å². The maximum absolute atomic E-state index is 5.62. The highest BCUT2D eigenvalue weighted by molar-refractivity contribution is 5.97. The van der Waals surface area contributed by atoms with E-state index in [1.54, 1.807) is 0 Å². The van der Waals surface area contributed by atoms with Crippen molar-refractivity contribution in [3.8, 4) is 0 Å². The fourth-order valence-corrected chi connectivity index (χ4v) is 1.13. The van der Waals surface area contributed by atoms with Crippen LogP contribution in [0.2, 0.25) is 0 Å². The van der Waals surface area contributed by atoms with E-state index in [0.717, 1.165) is 12.1 Å². The summed E-state index contributed by atoms with van der Waals surface area (Å²) in [7, 11) is 1.90. The molecule has 0 spiro atoms. The average molecular weight is 193 g/mol. The molecular weight excluding hydrogens is 178 g/mol. The summed E-state index contributed by atoms with van der Waals surface area (Å²) in [4.78, 5) is 0. The predicted molar refractivity (Wildman–Crippen MR) is 57.3 cm³/mol. The molecule has 76 valence electrons. The molecule has 0 aromatic heterocycles. The Morgan fingerprint density at radius 3 is 2.50 bits per heavy atom. The fraction of sp³-hybridized carbons (Fsp3) is 0.222. The zero-order valence-corrected chi connectivity index (χ0v) is 8.12. The Labute approximate surface area is 83.1 Å². The van der Waals surface area contributed by atoms with E-state index in [1.165, 1.54) is 5.56 Å². The van der Waals surface area contributed by atoms with Gasteiger partial charge in [0.1, 0.15) is 0 Å². The molecule has 0 heterocycles. The predicted octanol–water partition coefficient (Wildman–Crippen LogP) is -0.510. The Morgan fingerprint density at radius 1 is 1.36 bits per heavy atom. The Hall–Kier alpha value is -1.59. The van der Waals surface area contributed by atoms with Crippen LogP contribution >= 0.6 is 0 Å². The number of nitrogens with zero attached hydrogens (tertiary/aromatic N) is 1. The molecule has 0 bridgehead atoms. The third-order valence-corrected chi connectivity index (χ3v) is 1.82. The average Bonchev–Trinajstić information content (AvgIpc) is 2.20. The molecule has 14 heavy (non-hydrogen) atoms. The number of hydrazone groups is 1. The van der Waals surface area contributed by atoms with Crippen molar-refractivity contribution in [2.75, 3.05) is 7.05 Å². The number of nitrogens with one attached hydrogen (secondary N) is 2. The van der Waals surface area contributed by atoms with Crippen LogP contribution in [-0.4, -0.2) is 12.9 Å². The van der Waals surface area contributed by atoms with Gasteiger partial charge in [0.15, 0.2) is 5.84 Å². The standard InChI is InChI=1S/C9H15N5/c1-12-6-7-2-4-8(5-3-7)9(10)13-14-11/h2-5,12,14H,6,11H2,1H3,(H2,10,13). The molecule has 0 aliphatic rings. The van der Waals surface area contributed by atoms with Crippen molar-refractivity contribution >= 4 is 5.84 Å². The number of benzene rings is 1. The van der Waals surface area contributed by atoms with Crippen molar-refractivity contribution in [3.63, 3.8) is 0 Å². The van der Waals surface area contributed by atoms with Crippen LogP contribution in [0, 0.1) is 0 Å². The molecule has 0 radical (unpaired) electrons. The summed E-state index contributed by atoms with van der Waals surface area (Å²) in [5, 5.41) is 6.74. The highest BCUT2D eigenvalue weighted by atomic mass is 15.5. The summed E-state index contributed by atoms with van der Waals surface area (Å²) in [6.45, 7) is 0.840. The molecule has 5 nitrogen and oxygen atoms in total. The summed E-state index contributed by atoms with van der Waals surface area (Å²) in [5.74, 6) is 5.40. The smallest absolute Gasteiger partial charge is 0.152 e. The quantitative estimate of drug-likeness (QED) is 0.224. The van der Waals surface area contributed by atoms with Crippen LogP contribution in [0.25, 0.3) is 0 Å². The van der Waals surface area contributed by atoms with Gasteiger partial charge in [-0.2, -0.15) is 0 Å². The second-order valence-electron chi connectivity index (χ2n) is 2.85. The first-order chi connectivity index (χ1) is 6.77. The molecule has 6 N–H and O–H groups in total. The number of rotatable bonds is 4. The van der Waals surface area contributed by atoms with Gasteiger partial charge in [-0.05, 0) is 12.6 Å². The van der Waals surface area contributed by atoms with Crippen LogP contribution in [0.15, 0.2) is 29.4 Å². The van der Waals surface area contributed by atoms with Crippen LogP contribution in [-0.2, 0) is 6.54 Å². The molecule has 1 aromatic rings. The Kier molecular flexibility index (Phi) is 3.90. The molecule has 0 aliphatic carbocycles. The van der Waals surface area contributed by atoms with E-state index in [2.05, 4.69) is 16.0 Å². The number of hydrogen-bond donors (Lipinski definition) is 4. The normalized spacial score (nSPS) is 11.4. The van der Waals surface area contributed by atoms with Crippen LogP contribution in [0.5, 0.6) is 0 Å². The lowest BCUT2D eigenvalue weighted by Crippen LogP contribution is -2.23. The van der Waals surface area contributed by atoms with Crippen molar-refractivity contribution in [1.29, 1.82) is 0 Å². The molecule has 0 saturated carbocycles. The lowest BCUT2D eigenvalue weighted by Gasteiger charge is -2.02. The monoisotopic (exact) mass is 193 g/mol. The first kappa shape index (κ1) is 10.5. The highest BCUT2D eigenvalue weighted by Crippen LogP contribution is 2.03. The Bertz CT molecular complexity index is 303. The molecule has 0 saturated heterocycles. The molecule has 1 aromatic carbocycles. The fourth-order valence-electron chi connectivity index (χ4n) is 1.13. The highest BCUT2D eigenvalue weighted by Gasteiger charge is 1.97. The van der Waals surface area contributed by atoms with Crippen molar-refractivity contribution < 1.29 is 0 Å².